The van der Waals surface area contributed by atoms with Crippen molar-refractivity contribution >= 4 is 27.8 Å². The summed E-state index contributed by atoms with van der Waals surface area (Å²) in [6, 6.07) is 2.55. The average molecular weight is 356 g/mol. The van der Waals surface area contributed by atoms with Gasteiger partial charge in [-0.3, -0.25) is 9.48 Å². The first kappa shape index (κ1) is 15.2. The summed E-state index contributed by atoms with van der Waals surface area (Å²) in [5.41, 5.74) is 0.0632. The van der Waals surface area contributed by atoms with Gasteiger partial charge in [-0.05, 0) is 18.2 Å². The first-order valence-electron chi connectivity index (χ1n) is 5.85. The number of benzene rings is 1. The van der Waals surface area contributed by atoms with Gasteiger partial charge in [0.1, 0.15) is 5.82 Å². The van der Waals surface area contributed by atoms with Crippen LogP contribution in [0.1, 0.15) is 22.0 Å². The van der Waals surface area contributed by atoms with Crippen LogP contribution in [0.25, 0.3) is 0 Å². The minimum atomic E-state index is -1.30. The molecule has 0 aliphatic rings. The highest BCUT2D eigenvalue weighted by Crippen LogP contribution is 2.18. The van der Waals surface area contributed by atoms with Gasteiger partial charge in [-0.15, -0.1) is 0 Å². The van der Waals surface area contributed by atoms with E-state index in [0.29, 0.717) is 10.0 Å². The Morgan fingerprint density at radius 1 is 1.48 bits per heavy atom. The lowest BCUT2D eigenvalue weighted by Gasteiger charge is -2.13. The Labute approximate surface area is 127 Å². The number of nitrogens with one attached hydrogen (secondary N) is 1. The van der Waals surface area contributed by atoms with Gasteiger partial charge in [-0.1, -0.05) is 15.9 Å². The number of aliphatic carboxylic acids is 1. The summed E-state index contributed by atoms with van der Waals surface area (Å²) >= 11 is 3.13. The number of halogens is 2. The highest BCUT2D eigenvalue weighted by atomic mass is 79.9. The molecule has 21 heavy (non-hydrogen) atoms. The zero-order chi connectivity index (χ0) is 15.6. The van der Waals surface area contributed by atoms with Crippen LogP contribution in [0.15, 0.2) is 35.1 Å². The maximum absolute atomic E-state index is 13.6. The number of aromatic nitrogens is 2. The Morgan fingerprint density at radius 2 is 2.19 bits per heavy atom. The molecule has 0 aliphatic heterocycles. The molecule has 2 rings (SSSR count). The zero-order valence-electron chi connectivity index (χ0n) is 10.9. The second kappa shape index (κ2) is 6.04. The Kier molecular flexibility index (Phi) is 4.37. The second-order valence-electron chi connectivity index (χ2n) is 4.32. The SMILES string of the molecule is Cn1cc(C(NC(=O)c2cc(Br)ccc2F)C(=O)O)cn1. The molecule has 1 heterocycles. The van der Waals surface area contributed by atoms with Gasteiger partial charge in [-0.25, -0.2) is 9.18 Å². The summed E-state index contributed by atoms with van der Waals surface area (Å²) < 4.78 is 15.6. The van der Waals surface area contributed by atoms with E-state index in [9.17, 15) is 19.1 Å². The molecule has 2 aromatic rings. The van der Waals surface area contributed by atoms with Crippen LogP contribution in [0.3, 0.4) is 0 Å². The summed E-state index contributed by atoms with van der Waals surface area (Å²) in [5.74, 6) is -2.80. The minimum absolute atomic E-state index is 0.237. The maximum Gasteiger partial charge on any atom is 0.331 e. The molecule has 0 fully saturated rings. The van der Waals surface area contributed by atoms with Crippen molar-refractivity contribution in [3.8, 4) is 0 Å². The van der Waals surface area contributed by atoms with Crippen molar-refractivity contribution in [1.82, 2.24) is 15.1 Å². The first-order chi connectivity index (χ1) is 9.88. The largest absolute Gasteiger partial charge is 0.479 e. The van der Waals surface area contributed by atoms with Gasteiger partial charge in [0.15, 0.2) is 6.04 Å². The van der Waals surface area contributed by atoms with Crippen LogP contribution in [-0.2, 0) is 11.8 Å². The van der Waals surface area contributed by atoms with Crippen molar-refractivity contribution in [2.45, 2.75) is 6.04 Å². The van der Waals surface area contributed by atoms with Gasteiger partial charge in [-0.2, -0.15) is 5.10 Å². The molecule has 2 N–H and O–H groups in total. The van der Waals surface area contributed by atoms with Crippen LogP contribution < -0.4 is 5.32 Å². The molecule has 1 amide bonds. The quantitative estimate of drug-likeness (QED) is 0.876. The molecular formula is C13H11BrFN3O3. The molecule has 110 valence electrons. The van der Waals surface area contributed by atoms with Crippen LogP contribution in [0, 0.1) is 5.82 Å². The van der Waals surface area contributed by atoms with E-state index in [1.807, 2.05) is 0 Å². The summed E-state index contributed by atoms with van der Waals surface area (Å²) in [7, 11) is 1.62. The van der Waals surface area contributed by atoms with Crippen LogP contribution in [0.5, 0.6) is 0 Å². The zero-order valence-corrected chi connectivity index (χ0v) is 12.5. The number of hydrogen-bond acceptors (Lipinski definition) is 3. The lowest BCUT2D eigenvalue weighted by molar-refractivity contribution is -0.139. The standard InChI is InChI=1S/C13H11BrFN3O3/c1-18-6-7(5-16-18)11(13(20)21)17-12(19)9-4-8(14)2-3-10(9)15/h2-6,11H,1H3,(H,17,19)(H,20,21). The van der Waals surface area contributed by atoms with Gasteiger partial charge in [0.25, 0.3) is 5.91 Å². The van der Waals surface area contributed by atoms with E-state index in [1.165, 1.54) is 29.2 Å². The van der Waals surface area contributed by atoms with Crippen molar-refractivity contribution in [3.05, 3.63) is 52.0 Å². The minimum Gasteiger partial charge on any atom is -0.479 e. The molecule has 1 unspecified atom stereocenters. The van der Waals surface area contributed by atoms with E-state index in [-0.39, 0.29) is 5.56 Å². The van der Waals surface area contributed by atoms with Crippen LogP contribution in [-0.4, -0.2) is 26.8 Å². The number of carbonyl (C=O) groups excluding carboxylic acids is 1. The van der Waals surface area contributed by atoms with Gasteiger partial charge in [0, 0.05) is 23.3 Å². The number of nitrogens with zero attached hydrogens (tertiary/aromatic N) is 2. The number of amides is 1. The number of aryl methyl sites for hydroxylation is 1. The van der Waals surface area contributed by atoms with Gasteiger partial charge >= 0.3 is 5.97 Å². The predicted molar refractivity (Wildman–Crippen MR) is 75.2 cm³/mol. The summed E-state index contributed by atoms with van der Waals surface area (Å²) in [6.45, 7) is 0. The highest BCUT2D eigenvalue weighted by molar-refractivity contribution is 9.10. The molecule has 1 aromatic heterocycles. The van der Waals surface area contributed by atoms with E-state index in [2.05, 4.69) is 26.3 Å². The molecule has 8 heteroatoms. The Balaban J connectivity index is 2.27. The molecular weight excluding hydrogens is 345 g/mol. The molecule has 6 nitrogen and oxygen atoms in total. The highest BCUT2D eigenvalue weighted by Gasteiger charge is 2.25. The topological polar surface area (TPSA) is 84.2 Å². The normalized spacial score (nSPS) is 12.0. The van der Waals surface area contributed by atoms with Crippen LogP contribution >= 0.6 is 15.9 Å². The monoisotopic (exact) mass is 355 g/mol. The molecule has 0 radical (unpaired) electrons. The van der Waals surface area contributed by atoms with Gasteiger partial charge < -0.3 is 10.4 Å². The van der Waals surface area contributed by atoms with Crippen molar-refractivity contribution < 1.29 is 19.1 Å². The molecule has 0 aliphatic carbocycles. The predicted octanol–water partition coefficient (Wildman–Crippen LogP) is 1.88. The van der Waals surface area contributed by atoms with Gasteiger partial charge in [0.2, 0.25) is 0 Å². The fourth-order valence-electron chi connectivity index (χ4n) is 1.76. The van der Waals surface area contributed by atoms with Crippen molar-refractivity contribution in [3.63, 3.8) is 0 Å². The van der Waals surface area contributed by atoms with E-state index in [0.717, 1.165) is 6.07 Å². The fourth-order valence-corrected chi connectivity index (χ4v) is 2.12. The third-order valence-corrected chi connectivity index (χ3v) is 3.25. The number of carboxylic acid groups (broad SMARTS) is 1. The molecule has 1 aromatic carbocycles. The number of hydrogen-bond donors (Lipinski definition) is 2. The van der Waals surface area contributed by atoms with Crippen molar-refractivity contribution in [2.24, 2.45) is 7.05 Å². The van der Waals surface area contributed by atoms with E-state index < -0.39 is 23.7 Å². The molecule has 1 atom stereocenters. The van der Waals surface area contributed by atoms with Crippen molar-refractivity contribution in [1.29, 1.82) is 0 Å². The Morgan fingerprint density at radius 3 is 2.76 bits per heavy atom. The first-order valence-corrected chi connectivity index (χ1v) is 6.65. The number of carbonyl (C=O) groups is 2. The van der Waals surface area contributed by atoms with Crippen LogP contribution in [0.4, 0.5) is 4.39 Å². The lowest BCUT2D eigenvalue weighted by atomic mass is 10.1. The van der Waals surface area contributed by atoms with Crippen molar-refractivity contribution in [2.75, 3.05) is 0 Å². The fraction of sp³-hybridized carbons (Fsp3) is 0.154. The van der Waals surface area contributed by atoms with Gasteiger partial charge in [0.05, 0.1) is 11.8 Å². The van der Waals surface area contributed by atoms with E-state index in [1.54, 1.807) is 7.05 Å². The smallest absolute Gasteiger partial charge is 0.331 e. The molecule has 0 saturated heterocycles. The summed E-state index contributed by atoms with van der Waals surface area (Å²) in [4.78, 5) is 23.3. The third kappa shape index (κ3) is 3.46. The molecule has 0 bridgehead atoms. The maximum atomic E-state index is 13.6. The Hall–Kier alpha value is -2.22. The number of rotatable bonds is 4. The Bertz CT molecular complexity index is 702. The third-order valence-electron chi connectivity index (χ3n) is 2.75. The van der Waals surface area contributed by atoms with E-state index >= 15 is 0 Å². The number of carboxylic acids is 1. The van der Waals surface area contributed by atoms with E-state index in [4.69, 9.17) is 0 Å². The average Bonchev–Trinajstić information content (AvgIpc) is 2.84. The second-order valence-corrected chi connectivity index (χ2v) is 5.23. The lowest BCUT2D eigenvalue weighted by Crippen LogP contribution is -2.34. The molecule has 0 spiro atoms. The van der Waals surface area contributed by atoms with Crippen LogP contribution in [0.2, 0.25) is 0 Å². The summed E-state index contributed by atoms with van der Waals surface area (Å²) in [5, 5.41) is 15.3. The summed E-state index contributed by atoms with van der Waals surface area (Å²) in [6.07, 6.45) is 2.80. The molecule has 0 saturated carbocycles.